The van der Waals surface area contributed by atoms with E-state index in [1.54, 1.807) is 12.1 Å². The van der Waals surface area contributed by atoms with E-state index in [2.05, 4.69) is 21.2 Å². The Bertz CT molecular complexity index is 1440. The van der Waals surface area contributed by atoms with Crippen molar-refractivity contribution in [1.29, 1.82) is 0 Å². The molecule has 0 aliphatic rings. The van der Waals surface area contributed by atoms with E-state index in [1.165, 1.54) is 4.90 Å². The third-order valence-electron chi connectivity index (χ3n) is 6.56. The van der Waals surface area contributed by atoms with Gasteiger partial charge in [-0.1, -0.05) is 70.5 Å². The molecular formula is C31H38BrN3O4S. The molecule has 1 N–H and O–H groups in total. The van der Waals surface area contributed by atoms with Crippen LogP contribution in [0.25, 0.3) is 0 Å². The average Bonchev–Trinajstić information content (AvgIpc) is 2.86. The van der Waals surface area contributed by atoms with Gasteiger partial charge in [0.25, 0.3) is 0 Å². The zero-order valence-electron chi connectivity index (χ0n) is 23.9. The fraction of sp³-hybridized carbons (Fsp3) is 0.355. The first-order valence-electron chi connectivity index (χ1n) is 13.1. The number of aryl methyl sites for hydroxylation is 1. The molecule has 0 radical (unpaired) electrons. The van der Waals surface area contributed by atoms with E-state index < -0.39 is 34.1 Å². The summed E-state index contributed by atoms with van der Waals surface area (Å²) in [4.78, 5) is 29.4. The van der Waals surface area contributed by atoms with E-state index in [0.29, 0.717) is 5.69 Å². The number of rotatable bonds is 10. The van der Waals surface area contributed by atoms with E-state index in [4.69, 9.17) is 0 Å². The first kappa shape index (κ1) is 31.4. The summed E-state index contributed by atoms with van der Waals surface area (Å²) in [6, 6.07) is 21.5. The zero-order valence-corrected chi connectivity index (χ0v) is 26.3. The molecule has 0 fully saturated rings. The number of carbonyl (C=O) groups excluding carboxylic acids is 2. The minimum atomic E-state index is -3.82. The summed E-state index contributed by atoms with van der Waals surface area (Å²) < 4.78 is 28.0. The van der Waals surface area contributed by atoms with Crippen molar-refractivity contribution in [3.63, 3.8) is 0 Å². The van der Waals surface area contributed by atoms with Crippen LogP contribution in [0.2, 0.25) is 0 Å². The number of amides is 2. The summed E-state index contributed by atoms with van der Waals surface area (Å²) in [5.41, 5.74) is 3.30. The highest BCUT2D eigenvalue weighted by Gasteiger charge is 2.34. The largest absolute Gasteiger partial charge is 0.350 e. The minimum absolute atomic E-state index is 0.131. The van der Waals surface area contributed by atoms with Crippen LogP contribution in [0.4, 0.5) is 5.69 Å². The maximum absolute atomic E-state index is 14.2. The summed E-state index contributed by atoms with van der Waals surface area (Å²) >= 11 is 3.45. The second kappa shape index (κ2) is 13.0. The molecule has 3 aromatic rings. The lowest BCUT2D eigenvalue weighted by molar-refractivity contribution is -0.140. The van der Waals surface area contributed by atoms with Gasteiger partial charge in [-0.15, -0.1) is 0 Å². The third kappa shape index (κ3) is 8.66. The Balaban J connectivity index is 2.09. The summed E-state index contributed by atoms with van der Waals surface area (Å²) in [6.45, 7) is 9.08. The molecule has 3 rings (SSSR count). The quantitative estimate of drug-likeness (QED) is 0.327. The minimum Gasteiger partial charge on any atom is -0.350 e. The maximum atomic E-state index is 14.2. The Morgan fingerprint density at radius 1 is 0.900 bits per heavy atom. The number of nitrogens with one attached hydrogen (secondary N) is 1. The number of hydrogen-bond donors (Lipinski definition) is 1. The van der Waals surface area contributed by atoms with Crippen molar-refractivity contribution >= 4 is 43.5 Å². The highest BCUT2D eigenvalue weighted by Crippen LogP contribution is 2.26. The van der Waals surface area contributed by atoms with Gasteiger partial charge in [-0.05, 0) is 75.1 Å². The molecule has 3 aromatic carbocycles. The van der Waals surface area contributed by atoms with Gasteiger partial charge in [-0.2, -0.15) is 0 Å². The Morgan fingerprint density at radius 3 is 2.10 bits per heavy atom. The van der Waals surface area contributed by atoms with Crippen LogP contribution < -0.4 is 9.62 Å². The van der Waals surface area contributed by atoms with Crippen molar-refractivity contribution in [3.8, 4) is 0 Å². The fourth-order valence-electron chi connectivity index (χ4n) is 4.39. The number of sulfonamides is 1. The molecule has 2 amide bonds. The molecule has 214 valence electrons. The van der Waals surface area contributed by atoms with E-state index in [1.807, 2.05) is 95.3 Å². The standard InChI is InChI=1S/C31H38BrN3O4S/c1-22-11-10-14-27(23(22)2)35(40(6,38)39)21-29(36)34(20-25-15-17-26(32)18-16-25)28(30(37)33-31(3,4)5)19-24-12-8-7-9-13-24/h7-18,28H,19-21H2,1-6H3,(H,33,37)/t28-/m0/s1. The van der Waals surface area contributed by atoms with Gasteiger partial charge in [-0.25, -0.2) is 8.42 Å². The van der Waals surface area contributed by atoms with Crippen LogP contribution in [-0.2, 0) is 32.6 Å². The fourth-order valence-corrected chi connectivity index (χ4v) is 5.56. The van der Waals surface area contributed by atoms with E-state index in [0.717, 1.165) is 37.3 Å². The molecule has 9 heteroatoms. The smallest absolute Gasteiger partial charge is 0.244 e. The third-order valence-corrected chi connectivity index (χ3v) is 8.21. The molecule has 0 saturated heterocycles. The van der Waals surface area contributed by atoms with Gasteiger partial charge in [0.1, 0.15) is 12.6 Å². The average molecular weight is 629 g/mol. The van der Waals surface area contributed by atoms with Crippen LogP contribution in [0.15, 0.2) is 77.3 Å². The highest BCUT2D eigenvalue weighted by molar-refractivity contribution is 9.10. The normalized spacial score (nSPS) is 12.5. The van der Waals surface area contributed by atoms with Gasteiger partial charge < -0.3 is 10.2 Å². The predicted molar refractivity (Wildman–Crippen MR) is 165 cm³/mol. The van der Waals surface area contributed by atoms with Crippen molar-refractivity contribution < 1.29 is 18.0 Å². The van der Waals surface area contributed by atoms with Crippen molar-refractivity contribution in [2.45, 2.75) is 59.2 Å². The summed E-state index contributed by atoms with van der Waals surface area (Å²) in [5.74, 6) is -0.779. The monoisotopic (exact) mass is 627 g/mol. The van der Waals surface area contributed by atoms with Gasteiger partial charge in [0.15, 0.2) is 0 Å². The Hall–Kier alpha value is -3.17. The van der Waals surface area contributed by atoms with E-state index >= 15 is 0 Å². The first-order chi connectivity index (χ1) is 18.7. The lowest BCUT2D eigenvalue weighted by atomic mass is 10.0. The maximum Gasteiger partial charge on any atom is 0.244 e. The number of benzene rings is 3. The zero-order chi connectivity index (χ0) is 29.7. The van der Waals surface area contributed by atoms with E-state index in [9.17, 15) is 18.0 Å². The molecule has 0 unspecified atom stereocenters. The summed E-state index contributed by atoms with van der Waals surface area (Å²) in [7, 11) is -3.82. The molecular weight excluding hydrogens is 590 g/mol. The molecule has 0 aliphatic heterocycles. The van der Waals surface area contributed by atoms with Crippen LogP contribution in [0.1, 0.15) is 43.0 Å². The van der Waals surface area contributed by atoms with Crippen LogP contribution in [0.5, 0.6) is 0 Å². The number of carbonyl (C=O) groups is 2. The Labute approximate surface area is 246 Å². The molecule has 0 bridgehead atoms. The first-order valence-corrected chi connectivity index (χ1v) is 15.7. The number of nitrogens with zero attached hydrogens (tertiary/aromatic N) is 2. The molecule has 7 nitrogen and oxygen atoms in total. The van der Waals surface area contributed by atoms with Gasteiger partial charge in [0.05, 0.1) is 11.9 Å². The van der Waals surface area contributed by atoms with Crippen LogP contribution in [0.3, 0.4) is 0 Å². The molecule has 0 spiro atoms. The molecule has 0 aromatic heterocycles. The van der Waals surface area contributed by atoms with E-state index in [-0.39, 0.29) is 18.9 Å². The van der Waals surface area contributed by atoms with Crippen molar-refractivity contribution in [2.24, 2.45) is 0 Å². The number of halogens is 1. The molecule has 0 aliphatic carbocycles. The molecule has 0 saturated carbocycles. The van der Waals surface area contributed by atoms with Crippen LogP contribution in [0, 0.1) is 13.8 Å². The summed E-state index contributed by atoms with van der Waals surface area (Å²) in [6.07, 6.45) is 1.36. The second-order valence-electron chi connectivity index (χ2n) is 11.1. The van der Waals surface area contributed by atoms with Gasteiger partial charge in [0, 0.05) is 23.0 Å². The Kier molecular flexibility index (Phi) is 10.2. The van der Waals surface area contributed by atoms with Crippen LogP contribution in [-0.4, -0.2) is 49.5 Å². The van der Waals surface area contributed by atoms with Gasteiger partial charge >= 0.3 is 0 Å². The number of hydrogen-bond acceptors (Lipinski definition) is 4. The lowest BCUT2D eigenvalue weighted by Gasteiger charge is -2.35. The van der Waals surface area contributed by atoms with Gasteiger partial charge in [0.2, 0.25) is 21.8 Å². The van der Waals surface area contributed by atoms with Gasteiger partial charge in [-0.3, -0.25) is 13.9 Å². The summed E-state index contributed by atoms with van der Waals surface area (Å²) in [5, 5.41) is 3.03. The lowest BCUT2D eigenvalue weighted by Crippen LogP contribution is -2.56. The molecule has 40 heavy (non-hydrogen) atoms. The number of anilines is 1. The topological polar surface area (TPSA) is 86.8 Å². The predicted octanol–water partition coefficient (Wildman–Crippen LogP) is 5.39. The van der Waals surface area contributed by atoms with Crippen molar-refractivity contribution in [1.82, 2.24) is 10.2 Å². The Morgan fingerprint density at radius 2 is 1.52 bits per heavy atom. The van der Waals surface area contributed by atoms with Crippen molar-refractivity contribution in [2.75, 3.05) is 17.1 Å². The molecule has 0 heterocycles. The highest BCUT2D eigenvalue weighted by atomic mass is 79.9. The van der Waals surface area contributed by atoms with Crippen LogP contribution >= 0.6 is 15.9 Å². The second-order valence-corrected chi connectivity index (χ2v) is 13.9. The molecule has 1 atom stereocenters. The van der Waals surface area contributed by atoms with Crippen molar-refractivity contribution in [3.05, 3.63) is 99.5 Å². The SMILES string of the molecule is Cc1cccc(N(CC(=O)N(Cc2ccc(Br)cc2)[C@@H](Cc2ccccc2)C(=O)NC(C)(C)C)S(C)(=O)=O)c1C.